The van der Waals surface area contributed by atoms with Gasteiger partial charge in [-0.3, -0.25) is 4.79 Å². The topological polar surface area (TPSA) is 63.3 Å². The summed E-state index contributed by atoms with van der Waals surface area (Å²) in [5, 5.41) is 8.63. The van der Waals surface area contributed by atoms with Crippen molar-refractivity contribution in [1.82, 2.24) is 0 Å². The molecule has 0 spiro atoms. The van der Waals surface area contributed by atoms with E-state index in [1.807, 2.05) is 30.3 Å². The van der Waals surface area contributed by atoms with E-state index in [0.29, 0.717) is 0 Å². The lowest BCUT2D eigenvalue weighted by Gasteiger charge is -2.17. The van der Waals surface area contributed by atoms with Crippen molar-refractivity contribution >= 4 is 5.97 Å². The second-order valence-electron chi connectivity index (χ2n) is 3.32. The summed E-state index contributed by atoms with van der Waals surface area (Å²) in [6.07, 6.45) is 5.24. The van der Waals surface area contributed by atoms with Crippen molar-refractivity contribution in [3.63, 3.8) is 0 Å². The van der Waals surface area contributed by atoms with Crippen molar-refractivity contribution < 1.29 is 9.90 Å². The third-order valence-corrected chi connectivity index (χ3v) is 2.18. The molecule has 0 saturated carbocycles. The van der Waals surface area contributed by atoms with Gasteiger partial charge in [0.2, 0.25) is 0 Å². The molecule has 0 heterocycles. The molecule has 3 N–H and O–H groups in total. The Morgan fingerprint density at radius 2 is 2.07 bits per heavy atom. The SMILES string of the molecule is C#CC(c1ccccc1)[C@@H](N)CC(=O)O. The predicted molar refractivity (Wildman–Crippen MR) is 58.2 cm³/mol. The van der Waals surface area contributed by atoms with E-state index in [9.17, 15) is 4.79 Å². The lowest BCUT2D eigenvalue weighted by molar-refractivity contribution is -0.137. The van der Waals surface area contributed by atoms with Gasteiger partial charge in [-0.15, -0.1) is 6.42 Å². The summed E-state index contributed by atoms with van der Waals surface area (Å²) >= 11 is 0. The van der Waals surface area contributed by atoms with Crippen LogP contribution >= 0.6 is 0 Å². The summed E-state index contributed by atoms with van der Waals surface area (Å²) in [4.78, 5) is 10.5. The monoisotopic (exact) mass is 203 g/mol. The van der Waals surface area contributed by atoms with Gasteiger partial charge >= 0.3 is 5.97 Å². The molecule has 0 aliphatic heterocycles. The highest BCUT2D eigenvalue weighted by atomic mass is 16.4. The Bertz CT molecular complexity index is 367. The third-order valence-electron chi connectivity index (χ3n) is 2.18. The fourth-order valence-electron chi connectivity index (χ4n) is 1.45. The van der Waals surface area contributed by atoms with Crippen LogP contribution in [0.4, 0.5) is 0 Å². The van der Waals surface area contributed by atoms with E-state index in [1.165, 1.54) is 0 Å². The highest BCUT2D eigenvalue weighted by Gasteiger charge is 2.19. The van der Waals surface area contributed by atoms with E-state index in [2.05, 4.69) is 5.92 Å². The van der Waals surface area contributed by atoms with Gasteiger partial charge in [-0.2, -0.15) is 0 Å². The molecule has 0 radical (unpaired) electrons. The molecule has 0 saturated heterocycles. The van der Waals surface area contributed by atoms with Crippen LogP contribution in [0, 0.1) is 12.3 Å². The van der Waals surface area contributed by atoms with Gasteiger partial charge in [0.25, 0.3) is 0 Å². The van der Waals surface area contributed by atoms with Gasteiger partial charge in [0.15, 0.2) is 0 Å². The van der Waals surface area contributed by atoms with E-state index in [4.69, 9.17) is 17.3 Å². The van der Waals surface area contributed by atoms with Crippen LogP contribution in [0.5, 0.6) is 0 Å². The minimum atomic E-state index is -0.932. The van der Waals surface area contributed by atoms with Gasteiger partial charge in [-0.05, 0) is 5.56 Å². The van der Waals surface area contributed by atoms with Crippen LogP contribution in [0.2, 0.25) is 0 Å². The Balaban J connectivity index is 2.81. The summed E-state index contributed by atoms with van der Waals surface area (Å²) in [7, 11) is 0. The average molecular weight is 203 g/mol. The highest BCUT2D eigenvalue weighted by molar-refractivity contribution is 5.67. The van der Waals surface area contributed by atoms with Gasteiger partial charge in [-0.1, -0.05) is 36.3 Å². The molecule has 0 aromatic heterocycles. The Morgan fingerprint density at radius 3 is 2.53 bits per heavy atom. The second-order valence-corrected chi connectivity index (χ2v) is 3.32. The van der Waals surface area contributed by atoms with Crippen molar-refractivity contribution in [2.24, 2.45) is 5.73 Å². The summed E-state index contributed by atoms with van der Waals surface area (Å²) < 4.78 is 0. The molecule has 0 fully saturated rings. The maximum Gasteiger partial charge on any atom is 0.304 e. The summed E-state index contributed by atoms with van der Waals surface area (Å²) in [5.74, 6) is 1.26. The van der Waals surface area contributed by atoms with E-state index in [-0.39, 0.29) is 12.3 Å². The Kier molecular flexibility index (Phi) is 3.90. The lowest BCUT2D eigenvalue weighted by atomic mass is 9.91. The van der Waals surface area contributed by atoms with Crippen LogP contribution in [-0.2, 0) is 4.79 Å². The fraction of sp³-hybridized carbons (Fsp3) is 0.250. The smallest absolute Gasteiger partial charge is 0.304 e. The largest absolute Gasteiger partial charge is 0.481 e. The molecule has 78 valence electrons. The van der Waals surface area contributed by atoms with Crippen LogP contribution in [0.1, 0.15) is 17.9 Å². The van der Waals surface area contributed by atoms with Crippen LogP contribution in [-0.4, -0.2) is 17.1 Å². The molecule has 1 rings (SSSR count). The maximum absolute atomic E-state index is 10.5. The van der Waals surface area contributed by atoms with Gasteiger partial charge in [0.1, 0.15) is 0 Å². The van der Waals surface area contributed by atoms with Crippen LogP contribution < -0.4 is 5.73 Å². The number of carboxylic acids is 1. The Hall–Kier alpha value is -1.79. The van der Waals surface area contributed by atoms with Gasteiger partial charge in [0, 0.05) is 6.04 Å². The molecule has 2 atom stereocenters. The first-order valence-corrected chi connectivity index (χ1v) is 4.63. The minimum Gasteiger partial charge on any atom is -0.481 e. The number of carboxylic acid groups (broad SMARTS) is 1. The molecule has 15 heavy (non-hydrogen) atoms. The van der Waals surface area contributed by atoms with Crippen molar-refractivity contribution in [3.8, 4) is 12.3 Å². The highest BCUT2D eigenvalue weighted by Crippen LogP contribution is 2.19. The van der Waals surface area contributed by atoms with Crippen molar-refractivity contribution in [3.05, 3.63) is 35.9 Å². The van der Waals surface area contributed by atoms with Crippen LogP contribution in [0.25, 0.3) is 0 Å². The maximum atomic E-state index is 10.5. The van der Waals surface area contributed by atoms with Crippen molar-refractivity contribution in [2.75, 3.05) is 0 Å². The summed E-state index contributed by atoms with van der Waals surface area (Å²) in [6.45, 7) is 0. The van der Waals surface area contributed by atoms with Crippen LogP contribution in [0.15, 0.2) is 30.3 Å². The molecule has 0 aliphatic rings. The first kappa shape index (κ1) is 11.3. The third kappa shape index (κ3) is 3.12. The molecule has 1 aromatic carbocycles. The number of rotatable bonds is 4. The number of hydrogen-bond acceptors (Lipinski definition) is 2. The molecule has 3 nitrogen and oxygen atoms in total. The van der Waals surface area contributed by atoms with E-state index in [1.54, 1.807) is 0 Å². The first-order valence-electron chi connectivity index (χ1n) is 4.63. The Labute approximate surface area is 88.9 Å². The normalized spacial score (nSPS) is 13.9. The van der Waals surface area contributed by atoms with Gasteiger partial charge in [-0.25, -0.2) is 0 Å². The second kappa shape index (κ2) is 5.18. The van der Waals surface area contributed by atoms with Crippen molar-refractivity contribution in [1.29, 1.82) is 0 Å². The number of benzene rings is 1. The number of terminal acetylenes is 1. The first-order chi connectivity index (χ1) is 7.15. The zero-order valence-corrected chi connectivity index (χ0v) is 8.26. The Morgan fingerprint density at radius 1 is 1.47 bits per heavy atom. The van der Waals surface area contributed by atoms with Gasteiger partial charge in [0.05, 0.1) is 12.3 Å². The standard InChI is InChI=1S/C12H13NO2/c1-2-10(11(13)8-12(14)15)9-6-4-3-5-7-9/h1,3-7,10-11H,8,13H2,(H,14,15)/t10?,11-/m0/s1. The zero-order valence-electron chi connectivity index (χ0n) is 8.26. The molecule has 1 unspecified atom stereocenters. The average Bonchev–Trinajstić information content (AvgIpc) is 2.19. The van der Waals surface area contributed by atoms with E-state index in [0.717, 1.165) is 5.56 Å². The van der Waals surface area contributed by atoms with Crippen LogP contribution in [0.3, 0.4) is 0 Å². The molecular formula is C12H13NO2. The number of carbonyl (C=O) groups is 1. The zero-order chi connectivity index (χ0) is 11.3. The predicted octanol–water partition coefficient (Wildman–Crippen LogP) is 1.21. The quantitative estimate of drug-likeness (QED) is 0.723. The van der Waals surface area contributed by atoms with Crippen molar-refractivity contribution in [2.45, 2.75) is 18.4 Å². The van der Waals surface area contributed by atoms with Gasteiger partial charge < -0.3 is 10.8 Å². The lowest BCUT2D eigenvalue weighted by Crippen LogP contribution is -2.30. The summed E-state index contributed by atoms with van der Waals surface area (Å²) in [6, 6.07) is 8.74. The minimum absolute atomic E-state index is 0.121. The summed E-state index contributed by atoms with van der Waals surface area (Å²) in [5.41, 5.74) is 6.62. The van der Waals surface area contributed by atoms with E-state index >= 15 is 0 Å². The molecular weight excluding hydrogens is 190 g/mol. The molecule has 0 amide bonds. The fourth-order valence-corrected chi connectivity index (χ4v) is 1.45. The van der Waals surface area contributed by atoms with E-state index < -0.39 is 12.0 Å². The molecule has 3 heteroatoms. The molecule has 0 aliphatic carbocycles. The number of hydrogen-bond donors (Lipinski definition) is 2. The molecule has 0 bridgehead atoms. The number of aliphatic carboxylic acids is 1. The number of nitrogens with two attached hydrogens (primary N) is 1. The molecule has 1 aromatic rings.